The number of hydrogen-bond donors (Lipinski definition) is 1. The highest BCUT2D eigenvalue weighted by atomic mass is 19.1. The molecule has 140 valence electrons. The molecule has 0 bridgehead atoms. The molecule has 0 aliphatic carbocycles. The van der Waals surface area contributed by atoms with Crippen LogP contribution < -0.4 is 11.0 Å². The number of carbonyl (C=O) groups excluding carboxylic acids is 1. The summed E-state index contributed by atoms with van der Waals surface area (Å²) >= 11 is 0. The number of halogens is 2. The Morgan fingerprint density at radius 1 is 1.11 bits per heavy atom. The van der Waals surface area contributed by atoms with Gasteiger partial charge in [0.15, 0.2) is 0 Å². The summed E-state index contributed by atoms with van der Waals surface area (Å²) in [7, 11) is 0. The van der Waals surface area contributed by atoms with E-state index < -0.39 is 17.3 Å². The van der Waals surface area contributed by atoms with Crippen LogP contribution in [0.4, 0.5) is 8.78 Å². The van der Waals surface area contributed by atoms with E-state index in [0.29, 0.717) is 17.8 Å². The second-order valence-corrected chi connectivity index (χ2v) is 6.77. The largest absolute Gasteiger partial charge is 0.280 e. The predicted molar refractivity (Wildman–Crippen MR) is 99.0 cm³/mol. The molecule has 3 rings (SSSR count). The summed E-state index contributed by atoms with van der Waals surface area (Å²) in [6, 6.07) is 9.28. The summed E-state index contributed by atoms with van der Waals surface area (Å²) < 4.78 is 27.6. The average Bonchev–Trinajstić information content (AvgIpc) is 2.59. The molecule has 0 saturated carbocycles. The van der Waals surface area contributed by atoms with Gasteiger partial charge in [0.2, 0.25) is 5.91 Å². The van der Waals surface area contributed by atoms with Crippen molar-refractivity contribution < 1.29 is 13.6 Å². The van der Waals surface area contributed by atoms with Crippen molar-refractivity contribution in [3.8, 4) is 0 Å². The van der Waals surface area contributed by atoms with Crippen molar-refractivity contribution in [3.63, 3.8) is 0 Å². The lowest BCUT2D eigenvalue weighted by molar-refractivity contribution is -0.116. The van der Waals surface area contributed by atoms with Gasteiger partial charge in [-0.05, 0) is 35.7 Å². The first-order valence-corrected chi connectivity index (χ1v) is 8.59. The molecule has 7 heteroatoms. The third-order valence-electron chi connectivity index (χ3n) is 4.01. The SMILES string of the molecule is CC(C)Cc1nc2cc(F)ccc2c(=O)n1NC(=O)Cc1ccc(F)cc1. The van der Waals surface area contributed by atoms with E-state index >= 15 is 0 Å². The summed E-state index contributed by atoms with van der Waals surface area (Å²) in [4.78, 5) is 29.6. The molecule has 27 heavy (non-hydrogen) atoms. The van der Waals surface area contributed by atoms with Crippen LogP contribution >= 0.6 is 0 Å². The summed E-state index contributed by atoms with van der Waals surface area (Å²) in [6.45, 7) is 3.90. The van der Waals surface area contributed by atoms with Gasteiger partial charge in [-0.15, -0.1) is 0 Å². The van der Waals surface area contributed by atoms with Crippen molar-refractivity contribution in [1.29, 1.82) is 0 Å². The Morgan fingerprint density at radius 3 is 2.44 bits per heavy atom. The van der Waals surface area contributed by atoms with Crippen LogP contribution in [0.1, 0.15) is 25.2 Å². The van der Waals surface area contributed by atoms with Gasteiger partial charge >= 0.3 is 0 Å². The second kappa shape index (κ2) is 7.65. The molecule has 5 nitrogen and oxygen atoms in total. The molecular formula is C20H19F2N3O2. The Hall–Kier alpha value is -3.09. The number of rotatable bonds is 5. The molecule has 0 spiro atoms. The minimum absolute atomic E-state index is 0.0186. The van der Waals surface area contributed by atoms with Crippen molar-refractivity contribution in [3.05, 3.63) is 75.8 Å². The normalized spacial score (nSPS) is 11.1. The van der Waals surface area contributed by atoms with Crippen LogP contribution in [-0.2, 0) is 17.6 Å². The van der Waals surface area contributed by atoms with Gasteiger partial charge in [0.05, 0.1) is 17.3 Å². The maximum absolute atomic E-state index is 13.5. The van der Waals surface area contributed by atoms with E-state index in [2.05, 4.69) is 10.4 Å². The van der Waals surface area contributed by atoms with E-state index in [1.54, 1.807) is 0 Å². The van der Waals surface area contributed by atoms with E-state index in [1.165, 1.54) is 42.5 Å². The maximum Gasteiger partial charge on any atom is 0.280 e. The van der Waals surface area contributed by atoms with Gasteiger partial charge in [-0.2, -0.15) is 0 Å². The Morgan fingerprint density at radius 2 is 1.78 bits per heavy atom. The third-order valence-corrected chi connectivity index (χ3v) is 4.01. The van der Waals surface area contributed by atoms with Crippen LogP contribution in [0.25, 0.3) is 10.9 Å². The quantitative estimate of drug-likeness (QED) is 0.749. The number of aromatic nitrogens is 2. The fourth-order valence-corrected chi connectivity index (χ4v) is 2.77. The first-order valence-electron chi connectivity index (χ1n) is 8.59. The number of carbonyl (C=O) groups is 1. The number of amides is 1. The minimum Gasteiger partial charge on any atom is -0.273 e. The van der Waals surface area contributed by atoms with Crippen LogP contribution in [0.2, 0.25) is 0 Å². The van der Waals surface area contributed by atoms with Gasteiger partial charge in [-0.25, -0.2) is 18.4 Å². The first-order chi connectivity index (χ1) is 12.8. The lowest BCUT2D eigenvalue weighted by Crippen LogP contribution is -2.37. The molecule has 2 aromatic carbocycles. The minimum atomic E-state index is -0.483. The highest BCUT2D eigenvalue weighted by Gasteiger charge is 2.15. The van der Waals surface area contributed by atoms with Crippen molar-refractivity contribution in [2.24, 2.45) is 5.92 Å². The molecule has 3 aromatic rings. The van der Waals surface area contributed by atoms with Gasteiger partial charge in [-0.3, -0.25) is 15.0 Å². The van der Waals surface area contributed by atoms with Crippen LogP contribution in [0, 0.1) is 17.6 Å². The average molecular weight is 371 g/mol. The lowest BCUT2D eigenvalue weighted by atomic mass is 10.1. The fraction of sp³-hybridized carbons (Fsp3) is 0.250. The first kappa shape index (κ1) is 18.7. The van der Waals surface area contributed by atoms with Crippen molar-refractivity contribution >= 4 is 16.8 Å². The number of benzene rings is 2. The highest BCUT2D eigenvalue weighted by molar-refractivity contribution is 5.86. The summed E-state index contributed by atoms with van der Waals surface area (Å²) in [5.41, 5.74) is 2.96. The van der Waals surface area contributed by atoms with E-state index in [-0.39, 0.29) is 29.1 Å². The number of nitrogens with zero attached hydrogens (tertiary/aromatic N) is 2. The molecule has 1 aromatic heterocycles. The molecule has 0 unspecified atom stereocenters. The van der Waals surface area contributed by atoms with Crippen LogP contribution in [0.5, 0.6) is 0 Å². The molecule has 0 aliphatic heterocycles. The van der Waals surface area contributed by atoms with E-state index in [9.17, 15) is 18.4 Å². The Kier molecular flexibility index (Phi) is 5.30. The zero-order valence-corrected chi connectivity index (χ0v) is 15.0. The molecule has 0 aliphatic rings. The van der Waals surface area contributed by atoms with E-state index in [1.807, 2.05) is 13.8 Å². The Bertz CT molecular complexity index is 1040. The molecular weight excluding hydrogens is 352 g/mol. The lowest BCUT2D eigenvalue weighted by Gasteiger charge is -2.16. The van der Waals surface area contributed by atoms with E-state index in [4.69, 9.17) is 0 Å². The molecule has 0 saturated heterocycles. The Balaban J connectivity index is 1.96. The van der Waals surface area contributed by atoms with Gasteiger partial charge in [-0.1, -0.05) is 26.0 Å². The van der Waals surface area contributed by atoms with Crippen molar-refractivity contribution in [2.45, 2.75) is 26.7 Å². The zero-order chi connectivity index (χ0) is 19.6. The number of fused-ring (bicyclic) bond motifs is 1. The van der Waals surface area contributed by atoms with Gasteiger partial charge in [0, 0.05) is 12.5 Å². The van der Waals surface area contributed by atoms with Gasteiger partial charge in [0.1, 0.15) is 17.5 Å². The molecule has 1 N–H and O–H groups in total. The van der Waals surface area contributed by atoms with Gasteiger partial charge in [0.25, 0.3) is 5.56 Å². The number of nitrogens with one attached hydrogen (secondary N) is 1. The number of hydrogen-bond acceptors (Lipinski definition) is 3. The molecule has 0 fully saturated rings. The molecule has 0 atom stereocenters. The van der Waals surface area contributed by atoms with Crippen molar-refractivity contribution in [2.75, 3.05) is 5.43 Å². The standard InChI is InChI=1S/C20H19F2N3O2/c1-12(2)9-18-23-17-11-15(22)7-8-16(17)20(27)25(18)24-19(26)10-13-3-5-14(21)6-4-13/h3-8,11-12H,9-10H2,1-2H3,(H,24,26). The summed E-state index contributed by atoms with van der Waals surface area (Å²) in [5.74, 6) is -0.788. The van der Waals surface area contributed by atoms with Crippen LogP contribution in [-0.4, -0.2) is 15.6 Å². The second-order valence-electron chi connectivity index (χ2n) is 6.77. The molecule has 1 heterocycles. The molecule has 0 radical (unpaired) electrons. The van der Waals surface area contributed by atoms with Gasteiger partial charge < -0.3 is 0 Å². The van der Waals surface area contributed by atoms with Crippen LogP contribution in [0.3, 0.4) is 0 Å². The maximum atomic E-state index is 13.5. The third kappa shape index (κ3) is 4.36. The summed E-state index contributed by atoms with van der Waals surface area (Å²) in [6.07, 6.45) is 0.411. The topological polar surface area (TPSA) is 64.0 Å². The fourth-order valence-electron chi connectivity index (χ4n) is 2.77. The van der Waals surface area contributed by atoms with Crippen molar-refractivity contribution in [1.82, 2.24) is 9.66 Å². The highest BCUT2D eigenvalue weighted by Crippen LogP contribution is 2.13. The molecule has 1 amide bonds. The Labute approximate surface area is 154 Å². The monoisotopic (exact) mass is 371 g/mol. The van der Waals surface area contributed by atoms with E-state index in [0.717, 1.165) is 4.68 Å². The zero-order valence-electron chi connectivity index (χ0n) is 15.0. The summed E-state index contributed by atoms with van der Waals surface area (Å²) in [5, 5.41) is 0.214. The predicted octanol–water partition coefficient (Wildman–Crippen LogP) is 3.19. The van der Waals surface area contributed by atoms with Crippen LogP contribution in [0.15, 0.2) is 47.3 Å². The smallest absolute Gasteiger partial charge is 0.273 e.